The topological polar surface area (TPSA) is 101 Å². The number of nitrogens with one attached hydrogen (secondary N) is 1. The van der Waals surface area contributed by atoms with Crippen molar-refractivity contribution in [2.45, 2.75) is 34.1 Å². The summed E-state index contributed by atoms with van der Waals surface area (Å²) in [5.41, 5.74) is 5.89. The minimum atomic E-state index is -0.490. The van der Waals surface area contributed by atoms with Gasteiger partial charge in [0, 0.05) is 24.6 Å². The van der Waals surface area contributed by atoms with E-state index < -0.39 is 5.97 Å². The average Bonchev–Trinajstić information content (AvgIpc) is 3.31. The molecule has 0 aliphatic heterocycles. The summed E-state index contributed by atoms with van der Waals surface area (Å²) in [4.78, 5) is 24.3. The molecule has 40 heavy (non-hydrogen) atoms. The van der Waals surface area contributed by atoms with Crippen LogP contribution in [0.2, 0.25) is 0 Å². The number of carbonyl (C=O) groups excluding carboxylic acids is 2. The molecule has 0 fully saturated rings. The van der Waals surface area contributed by atoms with E-state index in [1.54, 1.807) is 57.2 Å². The number of hydrogen-bond donors (Lipinski definition) is 1. The molecule has 1 N–H and O–H groups in total. The fourth-order valence-electron chi connectivity index (χ4n) is 4.39. The van der Waals surface area contributed by atoms with Crippen LogP contribution in [-0.2, 0) is 9.59 Å². The number of carbonyl (C=O) groups is 2. The van der Waals surface area contributed by atoms with Gasteiger partial charge in [0.25, 0.3) is 0 Å². The van der Waals surface area contributed by atoms with Crippen molar-refractivity contribution < 1.29 is 28.5 Å². The Morgan fingerprint density at radius 3 is 2.08 bits per heavy atom. The highest BCUT2D eigenvalue weighted by molar-refractivity contribution is 5.92. The summed E-state index contributed by atoms with van der Waals surface area (Å²) in [5.74, 6) is 1.03. The Hall–Kier alpha value is -4.79. The average molecular weight is 544 g/mol. The number of amides is 1. The minimum absolute atomic E-state index is 0.0887. The van der Waals surface area contributed by atoms with E-state index in [4.69, 9.17) is 24.0 Å². The van der Waals surface area contributed by atoms with Crippen molar-refractivity contribution in [2.75, 3.05) is 26.6 Å². The summed E-state index contributed by atoms with van der Waals surface area (Å²) in [6.07, 6.45) is 0.367. The number of aromatic nitrogens is 2. The number of rotatable bonds is 9. The van der Waals surface area contributed by atoms with E-state index in [9.17, 15) is 9.59 Å². The van der Waals surface area contributed by atoms with E-state index in [1.165, 1.54) is 6.92 Å². The van der Waals surface area contributed by atoms with E-state index in [-0.39, 0.29) is 11.8 Å². The number of esters is 1. The maximum absolute atomic E-state index is 12.4. The van der Waals surface area contributed by atoms with Crippen molar-refractivity contribution in [3.8, 4) is 51.2 Å². The summed E-state index contributed by atoms with van der Waals surface area (Å²) < 4.78 is 24.2. The second-order valence-electron chi connectivity index (χ2n) is 9.22. The molecule has 4 aromatic rings. The third-order valence-electron chi connectivity index (χ3n) is 6.39. The van der Waals surface area contributed by atoms with E-state index in [2.05, 4.69) is 5.32 Å². The van der Waals surface area contributed by atoms with Crippen molar-refractivity contribution in [3.63, 3.8) is 0 Å². The predicted octanol–water partition coefficient (Wildman–Crippen LogP) is 6.12. The molecule has 9 nitrogen and oxygen atoms in total. The zero-order valence-corrected chi connectivity index (χ0v) is 23.7. The first-order valence-corrected chi connectivity index (χ1v) is 12.8. The van der Waals surface area contributed by atoms with Gasteiger partial charge in [0.15, 0.2) is 11.5 Å². The molecule has 0 saturated heterocycles. The standard InChI is InChI=1S/C31H33N3O6/c1-8-27(36)32-23-13-11-21(12-14-23)28-29(22-16-25(37-5)30(39-7)26(17-22)38-6)33-34(31(28)40-20(4)35)24-15-18(2)9-10-19(24)3/h9-17H,8H2,1-7H3,(H,32,36). The number of methoxy groups -OCH3 is 3. The Bertz CT molecular complexity index is 1530. The highest BCUT2D eigenvalue weighted by Crippen LogP contribution is 2.46. The smallest absolute Gasteiger partial charge is 0.309 e. The molecule has 9 heteroatoms. The maximum atomic E-state index is 12.4. The van der Waals surface area contributed by atoms with Gasteiger partial charge < -0.3 is 24.3 Å². The number of ether oxygens (including phenoxy) is 4. The Balaban J connectivity index is 2.05. The Morgan fingerprint density at radius 2 is 1.52 bits per heavy atom. The van der Waals surface area contributed by atoms with Crippen LogP contribution in [-0.4, -0.2) is 43.0 Å². The molecule has 1 heterocycles. The first kappa shape index (κ1) is 28.2. The minimum Gasteiger partial charge on any atom is -0.493 e. The first-order chi connectivity index (χ1) is 19.2. The van der Waals surface area contributed by atoms with Crippen molar-refractivity contribution in [3.05, 3.63) is 65.7 Å². The fourth-order valence-corrected chi connectivity index (χ4v) is 4.39. The van der Waals surface area contributed by atoms with Gasteiger partial charge in [-0.15, -0.1) is 0 Å². The molecule has 4 rings (SSSR count). The van der Waals surface area contributed by atoms with Crippen LogP contribution in [0.5, 0.6) is 23.1 Å². The number of aryl methyl sites for hydroxylation is 2. The Labute approximate surface area is 233 Å². The van der Waals surface area contributed by atoms with Crippen molar-refractivity contribution in [2.24, 2.45) is 0 Å². The molecule has 0 aliphatic rings. The van der Waals surface area contributed by atoms with Crippen LogP contribution in [0.25, 0.3) is 28.1 Å². The van der Waals surface area contributed by atoms with Crippen LogP contribution in [0.1, 0.15) is 31.4 Å². The lowest BCUT2D eigenvalue weighted by atomic mass is 10.00. The molecule has 0 radical (unpaired) electrons. The number of nitrogens with zero attached hydrogens (tertiary/aromatic N) is 2. The SMILES string of the molecule is CCC(=O)Nc1ccc(-c2c(-c3cc(OC)c(OC)c(OC)c3)nn(-c3cc(C)ccc3C)c2OC(C)=O)cc1. The normalized spacial score (nSPS) is 10.7. The van der Waals surface area contributed by atoms with Gasteiger partial charge in [-0.3, -0.25) is 9.59 Å². The van der Waals surface area contributed by atoms with Crippen molar-refractivity contribution in [1.29, 1.82) is 0 Å². The molecule has 0 spiro atoms. The summed E-state index contributed by atoms with van der Waals surface area (Å²) in [7, 11) is 4.63. The van der Waals surface area contributed by atoms with Crippen molar-refractivity contribution >= 4 is 17.6 Å². The molecule has 0 saturated carbocycles. The molecule has 208 valence electrons. The second-order valence-corrected chi connectivity index (χ2v) is 9.22. The van der Waals surface area contributed by atoms with E-state index >= 15 is 0 Å². The lowest BCUT2D eigenvalue weighted by molar-refractivity contribution is -0.132. The summed E-state index contributed by atoms with van der Waals surface area (Å²) in [6, 6.07) is 16.9. The Kier molecular flexibility index (Phi) is 8.43. The lowest BCUT2D eigenvalue weighted by Gasteiger charge is -2.14. The summed E-state index contributed by atoms with van der Waals surface area (Å²) >= 11 is 0. The first-order valence-electron chi connectivity index (χ1n) is 12.8. The number of hydrogen-bond acceptors (Lipinski definition) is 7. The van der Waals surface area contributed by atoms with Gasteiger partial charge in [-0.25, -0.2) is 0 Å². The van der Waals surface area contributed by atoms with Crippen LogP contribution in [0.15, 0.2) is 54.6 Å². The zero-order chi connectivity index (χ0) is 29.0. The van der Waals surface area contributed by atoms with Gasteiger partial charge >= 0.3 is 5.97 Å². The van der Waals surface area contributed by atoms with Crippen LogP contribution in [0.3, 0.4) is 0 Å². The lowest BCUT2D eigenvalue weighted by Crippen LogP contribution is -2.09. The zero-order valence-electron chi connectivity index (χ0n) is 23.7. The quantitative estimate of drug-likeness (QED) is 0.254. The molecule has 0 bridgehead atoms. The highest BCUT2D eigenvalue weighted by Gasteiger charge is 2.27. The van der Waals surface area contributed by atoms with Gasteiger partial charge in [0.1, 0.15) is 5.69 Å². The molecule has 0 aliphatic carbocycles. The number of benzene rings is 3. The van der Waals surface area contributed by atoms with Gasteiger partial charge in [0.2, 0.25) is 17.5 Å². The summed E-state index contributed by atoms with van der Waals surface area (Å²) in [6.45, 7) is 7.10. The van der Waals surface area contributed by atoms with Crippen LogP contribution in [0, 0.1) is 13.8 Å². The molecule has 3 aromatic carbocycles. The molecule has 1 aromatic heterocycles. The largest absolute Gasteiger partial charge is 0.493 e. The molecular weight excluding hydrogens is 510 g/mol. The molecule has 0 unspecified atom stereocenters. The maximum Gasteiger partial charge on any atom is 0.309 e. The molecular formula is C31H33N3O6. The fraction of sp³-hybridized carbons (Fsp3) is 0.258. The van der Waals surface area contributed by atoms with Crippen LogP contribution >= 0.6 is 0 Å². The van der Waals surface area contributed by atoms with E-state index in [0.29, 0.717) is 46.2 Å². The number of anilines is 1. The van der Waals surface area contributed by atoms with Gasteiger partial charge in [-0.05, 0) is 60.9 Å². The van der Waals surface area contributed by atoms with Crippen LogP contribution < -0.4 is 24.3 Å². The Morgan fingerprint density at radius 1 is 0.875 bits per heavy atom. The second kappa shape index (κ2) is 11.9. The third kappa shape index (κ3) is 5.63. The van der Waals surface area contributed by atoms with E-state index in [1.807, 2.05) is 44.2 Å². The van der Waals surface area contributed by atoms with Gasteiger partial charge in [0.05, 0.1) is 32.6 Å². The van der Waals surface area contributed by atoms with Gasteiger partial charge in [-0.1, -0.05) is 31.2 Å². The molecule has 1 amide bonds. The van der Waals surface area contributed by atoms with Gasteiger partial charge in [-0.2, -0.15) is 9.78 Å². The van der Waals surface area contributed by atoms with E-state index in [0.717, 1.165) is 22.4 Å². The monoisotopic (exact) mass is 543 g/mol. The third-order valence-corrected chi connectivity index (χ3v) is 6.39. The predicted molar refractivity (Wildman–Crippen MR) is 154 cm³/mol. The molecule has 0 atom stereocenters. The highest BCUT2D eigenvalue weighted by atomic mass is 16.5. The van der Waals surface area contributed by atoms with Crippen molar-refractivity contribution in [1.82, 2.24) is 9.78 Å². The summed E-state index contributed by atoms with van der Waals surface area (Å²) in [5, 5.41) is 7.85. The van der Waals surface area contributed by atoms with Crippen LogP contribution in [0.4, 0.5) is 5.69 Å².